The normalized spacial score (nSPS) is 24.6. The number of aliphatic hydroxyl groups excluding tert-OH is 1. The van der Waals surface area contributed by atoms with Crippen molar-refractivity contribution in [3.63, 3.8) is 0 Å². The van der Waals surface area contributed by atoms with Gasteiger partial charge in [-0.1, -0.05) is 12.8 Å². The first-order valence-electron chi connectivity index (χ1n) is 6.20. The zero-order valence-corrected chi connectivity index (χ0v) is 10.5. The summed E-state index contributed by atoms with van der Waals surface area (Å²) in [5.74, 6) is 1.31. The molecular formula is C12H24ClNO. The minimum atomic E-state index is -0.133. The molecule has 1 rings (SSSR count). The molecule has 0 bridgehead atoms. The third-order valence-corrected chi connectivity index (χ3v) is 3.62. The molecule has 1 heterocycles. The summed E-state index contributed by atoms with van der Waals surface area (Å²) in [7, 11) is 0. The molecule has 0 aromatic heterocycles. The lowest BCUT2D eigenvalue weighted by Gasteiger charge is -2.17. The molecule has 90 valence electrons. The van der Waals surface area contributed by atoms with Crippen LogP contribution in [0.15, 0.2) is 0 Å². The van der Waals surface area contributed by atoms with Gasteiger partial charge in [-0.25, -0.2) is 0 Å². The lowest BCUT2D eigenvalue weighted by atomic mass is 10.0. The molecule has 2 atom stereocenters. The van der Waals surface area contributed by atoms with Crippen LogP contribution in [0.3, 0.4) is 0 Å². The average molecular weight is 234 g/mol. The molecule has 0 aromatic carbocycles. The molecule has 1 N–H and O–H groups in total. The van der Waals surface area contributed by atoms with E-state index in [4.69, 9.17) is 11.6 Å². The molecule has 0 aromatic rings. The summed E-state index contributed by atoms with van der Waals surface area (Å²) in [5.41, 5.74) is 0. The van der Waals surface area contributed by atoms with E-state index in [1.807, 2.05) is 6.92 Å². The molecule has 2 nitrogen and oxygen atoms in total. The van der Waals surface area contributed by atoms with Crippen molar-refractivity contribution in [1.82, 2.24) is 4.90 Å². The molecule has 0 spiro atoms. The minimum Gasteiger partial charge on any atom is -0.393 e. The van der Waals surface area contributed by atoms with Gasteiger partial charge in [0, 0.05) is 12.4 Å². The number of hydrogen-bond donors (Lipinski definition) is 1. The minimum absolute atomic E-state index is 0.133. The van der Waals surface area contributed by atoms with Crippen LogP contribution >= 0.6 is 11.6 Å². The summed E-state index contributed by atoms with van der Waals surface area (Å²) in [6.07, 6.45) is 6.02. The van der Waals surface area contributed by atoms with Gasteiger partial charge in [-0.3, -0.25) is 0 Å². The molecule has 1 saturated heterocycles. The summed E-state index contributed by atoms with van der Waals surface area (Å²) in [4.78, 5) is 2.48. The van der Waals surface area contributed by atoms with Crippen molar-refractivity contribution < 1.29 is 5.11 Å². The van der Waals surface area contributed by atoms with Crippen LogP contribution in [0.5, 0.6) is 0 Å². The molecule has 0 aliphatic carbocycles. The van der Waals surface area contributed by atoms with Crippen molar-refractivity contribution in [2.45, 2.75) is 45.1 Å². The predicted octanol–water partition coefficient (Wildman–Crippen LogP) is 2.49. The summed E-state index contributed by atoms with van der Waals surface area (Å²) < 4.78 is 0. The van der Waals surface area contributed by atoms with Gasteiger partial charge in [0.2, 0.25) is 0 Å². The van der Waals surface area contributed by atoms with Crippen molar-refractivity contribution in [2.75, 3.05) is 25.5 Å². The molecule has 1 fully saturated rings. The fourth-order valence-corrected chi connectivity index (χ4v) is 2.43. The maximum absolute atomic E-state index is 9.47. The molecule has 0 radical (unpaired) electrons. The number of halogens is 1. The van der Waals surface area contributed by atoms with Gasteiger partial charge in [0.15, 0.2) is 0 Å². The van der Waals surface area contributed by atoms with E-state index in [1.54, 1.807) is 0 Å². The van der Waals surface area contributed by atoms with Crippen LogP contribution in [-0.4, -0.2) is 41.6 Å². The number of aliphatic hydroxyl groups is 1. The van der Waals surface area contributed by atoms with Gasteiger partial charge >= 0.3 is 0 Å². The number of alkyl halides is 1. The molecule has 2 unspecified atom stereocenters. The first-order valence-corrected chi connectivity index (χ1v) is 6.74. The Morgan fingerprint density at radius 1 is 1.33 bits per heavy atom. The van der Waals surface area contributed by atoms with Gasteiger partial charge in [0.1, 0.15) is 0 Å². The Balaban J connectivity index is 1.99. The highest BCUT2D eigenvalue weighted by atomic mass is 35.5. The van der Waals surface area contributed by atoms with E-state index in [1.165, 1.54) is 38.8 Å². The average Bonchev–Trinajstić information content (AvgIpc) is 2.66. The fourth-order valence-electron chi connectivity index (χ4n) is 2.24. The lowest BCUT2D eigenvalue weighted by Crippen LogP contribution is -2.25. The standard InChI is InChI=1S/C12H24ClNO/c1-11(15)12-6-9-14(10-12)8-5-3-2-4-7-13/h11-12,15H,2-10H2,1H3. The number of unbranched alkanes of at least 4 members (excludes halogenated alkanes) is 3. The number of hydrogen-bond acceptors (Lipinski definition) is 2. The molecule has 15 heavy (non-hydrogen) atoms. The van der Waals surface area contributed by atoms with E-state index >= 15 is 0 Å². The molecular weight excluding hydrogens is 210 g/mol. The molecule has 1 aliphatic rings. The highest BCUT2D eigenvalue weighted by molar-refractivity contribution is 6.17. The van der Waals surface area contributed by atoms with Gasteiger partial charge in [-0.05, 0) is 45.2 Å². The van der Waals surface area contributed by atoms with Gasteiger partial charge in [0.05, 0.1) is 6.10 Å². The van der Waals surface area contributed by atoms with Gasteiger partial charge in [0.25, 0.3) is 0 Å². The summed E-state index contributed by atoms with van der Waals surface area (Å²) in [6.45, 7) is 5.37. The van der Waals surface area contributed by atoms with Crippen LogP contribution < -0.4 is 0 Å². The highest BCUT2D eigenvalue weighted by Crippen LogP contribution is 2.19. The van der Waals surface area contributed by atoms with Crippen molar-refractivity contribution in [3.05, 3.63) is 0 Å². The van der Waals surface area contributed by atoms with Crippen LogP contribution in [0.1, 0.15) is 39.0 Å². The zero-order chi connectivity index (χ0) is 11.1. The highest BCUT2D eigenvalue weighted by Gasteiger charge is 2.25. The number of rotatable bonds is 7. The molecule has 3 heteroatoms. The second kappa shape index (κ2) is 7.48. The smallest absolute Gasteiger partial charge is 0.0552 e. The number of likely N-dealkylation sites (tertiary alicyclic amines) is 1. The van der Waals surface area contributed by atoms with Gasteiger partial charge < -0.3 is 10.0 Å². The summed E-state index contributed by atoms with van der Waals surface area (Å²) in [5, 5.41) is 9.47. The van der Waals surface area contributed by atoms with Crippen LogP contribution in [0, 0.1) is 5.92 Å². The summed E-state index contributed by atoms with van der Waals surface area (Å²) in [6, 6.07) is 0. The van der Waals surface area contributed by atoms with Crippen molar-refractivity contribution >= 4 is 11.6 Å². The summed E-state index contributed by atoms with van der Waals surface area (Å²) >= 11 is 5.62. The second-order valence-electron chi connectivity index (χ2n) is 4.69. The largest absolute Gasteiger partial charge is 0.393 e. The Bertz CT molecular complexity index is 164. The first kappa shape index (κ1) is 13.3. The van der Waals surface area contributed by atoms with E-state index in [-0.39, 0.29) is 6.10 Å². The maximum Gasteiger partial charge on any atom is 0.0552 e. The third-order valence-electron chi connectivity index (χ3n) is 3.35. The molecule has 0 amide bonds. The zero-order valence-electron chi connectivity index (χ0n) is 9.79. The van der Waals surface area contributed by atoms with Crippen LogP contribution in [0.25, 0.3) is 0 Å². The van der Waals surface area contributed by atoms with E-state index < -0.39 is 0 Å². The van der Waals surface area contributed by atoms with E-state index in [2.05, 4.69) is 4.90 Å². The Morgan fingerprint density at radius 2 is 2.07 bits per heavy atom. The van der Waals surface area contributed by atoms with E-state index in [0.29, 0.717) is 5.92 Å². The predicted molar refractivity (Wildman–Crippen MR) is 65.4 cm³/mol. The van der Waals surface area contributed by atoms with Crippen LogP contribution in [-0.2, 0) is 0 Å². The molecule has 0 saturated carbocycles. The van der Waals surface area contributed by atoms with E-state index in [9.17, 15) is 5.11 Å². The Labute approximate surface area is 98.6 Å². The Hall–Kier alpha value is 0.210. The molecule has 1 aliphatic heterocycles. The SMILES string of the molecule is CC(O)C1CCN(CCCCCCCl)C1. The Kier molecular flexibility index (Phi) is 6.62. The topological polar surface area (TPSA) is 23.5 Å². The quantitative estimate of drug-likeness (QED) is 0.540. The number of nitrogens with zero attached hydrogens (tertiary/aromatic N) is 1. The first-order chi connectivity index (χ1) is 7.24. The van der Waals surface area contributed by atoms with Gasteiger partial charge in [-0.2, -0.15) is 0 Å². The van der Waals surface area contributed by atoms with E-state index in [0.717, 1.165) is 18.8 Å². The van der Waals surface area contributed by atoms with Crippen LogP contribution in [0.2, 0.25) is 0 Å². The monoisotopic (exact) mass is 233 g/mol. The Morgan fingerprint density at radius 3 is 2.67 bits per heavy atom. The van der Waals surface area contributed by atoms with Gasteiger partial charge in [-0.15, -0.1) is 11.6 Å². The lowest BCUT2D eigenvalue weighted by molar-refractivity contribution is 0.127. The van der Waals surface area contributed by atoms with Crippen LogP contribution in [0.4, 0.5) is 0 Å². The van der Waals surface area contributed by atoms with Crippen molar-refractivity contribution in [1.29, 1.82) is 0 Å². The van der Waals surface area contributed by atoms with Crippen molar-refractivity contribution in [2.24, 2.45) is 5.92 Å². The maximum atomic E-state index is 9.47. The fraction of sp³-hybridized carbons (Fsp3) is 1.00. The second-order valence-corrected chi connectivity index (χ2v) is 5.07. The third kappa shape index (κ3) is 5.19. The van der Waals surface area contributed by atoms with Crippen molar-refractivity contribution in [3.8, 4) is 0 Å².